The standard InChI is InChI=1S/C8H6Cl2O.C6H3F3/c9-8(10)7(11)6-4-2-1-3-5-6;7-4-1-2-5(8)6(9)3-4/h1-5,8H;1-3H. The number of Topliss-reactive ketones (excluding diaryl/α,β-unsaturated/α-hetero) is 1. The smallest absolute Gasteiger partial charge is 0.195 e. The molecule has 0 bridgehead atoms. The van der Waals surface area contributed by atoms with Crippen LogP contribution in [0.1, 0.15) is 10.4 Å². The van der Waals surface area contributed by atoms with Crippen LogP contribution in [0.4, 0.5) is 13.2 Å². The van der Waals surface area contributed by atoms with Gasteiger partial charge in [0.2, 0.25) is 0 Å². The van der Waals surface area contributed by atoms with Crippen LogP contribution < -0.4 is 0 Å². The molecular weight excluding hydrogens is 312 g/mol. The summed E-state index contributed by atoms with van der Waals surface area (Å²) in [6, 6.07) is 10.8. The molecule has 0 heterocycles. The molecule has 0 N–H and O–H groups in total. The first-order valence-corrected chi connectivity index (χ1v) is 6.27. The van der Waals surface area contributed by atoms with Crippen LogP contribution in [0.3, 0.4) is 0 Å². The van der Waals surface area contributed by atoms with Gasteiger partial charge in [-0.15, -0.1) is 0 Å². The highest BCUT2D eigenvalue weighted by Gasteiger charge is 2.12. The van der Waals surface area contributed by atoms with Crippen LogP contribution in [0.2, 0.25) is 0 Å². The van der Waals surface area contributed by atoms with Crippen molar-refractivity contribution in [2.75, 3.05) is 0 Å². The van der Waals surface area contributed by atoms with Crippen molar-refractivity contribution in [3.63, 3.8) is 0 Å². The summed E-state index contributed by atoms with van der Waals surface area (Å²) in [5, 5.41) is 0. The van der Waals surface area contributed by atoms with Crippen LogP contribution in [0.25, 0.3) is 0 Å². The molecule has 0 spiro atoms. The number of benzene rings is 2. The highest BCUT2D eigenvalue weighted by molar-refractivity contribution is 6.55. The van der Waals surface area contributed by atoms with E-state index in [-0.39, 0.29) is 5.78 Å². The van der Waals surface area contributed by atoms with E-state index in [9.17, 15) is 18.0 Å². The van der Waals surface area contributed by atoms with Gasteiger partial charge < -0.3 is 0 Å². The second kappa shape index (κ2) is 7.92. The molecule has 6 heteroatoms. The van der Waals surface area contributed by atoms with E-state index in [1.807, 2.05) is 6.07 Å². The number of carbonyl (C=O) groups is 1. The second-order valence-corrected chi connectivity index (χ2v) is 4.69. The van der Waals surface area contributed by atoms with Gasteiger partial charge in [-0.05, 0) is 12.1 Å². The maximum Gasteiger partial charge on any atom is 0.195 e. The van der Waals surface area contributed by atoms with Gasteiger partial charge in [-0.2, -0.15) is 0 Å². The van der Waals surface area contributed by atoms with Crippen molar-refractivity contribution >= 4 is 29.0 Å². The van der Waals surface area contributed by atoms with E-state index in [1.54, 1.807) is 24.3 Å². The number of rotatable bonds is 2. The van der Waals surface area contributed by atoms with Crippen molar-refractivity contribution in [2.45, 2.75) is 4.84 Å². The quantitative estimate of drug-likeness (QED) is 0.442. The molecule has 20 heavy (non-hydrogen) atoms. The van der Waals surface area contributed by atoms with E-state index < -0.39 is 22.3 Å². The van der Waals surface area contributed by atoms with Crippen LogP contribution in [0.15, 0.2) is 48.5 Å². The molecule has 2 aromatic carbocycles. The van der Waals surface area contributed by atoms with E-state index in [2.05, 4.69) is 0 Å². The van der Waals surface area contributed by atoms with Gasteiger partial charge in [-0.1, -0.05) is 53.5 Å². The summed E-state index contributed by atoms with van der Waals surface area (Å²) < 4.78 is 35.9. The van der Waals surface area contributed by atoms with Gasteiger partial charge in [0.25, 0.3) is 0 Å². The monoisotopic (exact) mass is 320 g/mol. The van der Waals surface area contributed by atoms with E-state index in [0.717, 1.165) is 12.1 Å². The first-order valence-electron chi connectivity index (χ1n) is 5.39. The van der Waals surface area contributed by atoms with E-state index >= 15 is 0 Å². The van der Waals surface area contributed by atoms with Crippen LogP contribution >= 0.6 is 23.2 Å². The molecule has 0 saturated heterocycles. The number of halogens is 5. The third-order valence-corrected chi connectivity index (χ3v) is 2.53. The Morgan fingerprint density at radius 2 is 1.50 bits per heavy atom. The Morgan fingerprint density at radius 1 is 0.900 bits per heavy atom. The molecule has 0 saturated carbocycles. The minimum Gasteiger partial charge on any atom is -0.291 e. The summed E-state index contributed by atoms with van der Waals surface area (Å²) in [6.45, 7) is 0. The van der Waals surface area contributed by atoms with Crippen molar-refractivity contribution in [3.05, 3.63) is 71.5 Å². The zero-order chi connectivity index (χ0) is 15.1. The molecule has 0 aliphatic heterocycles. The Bertz CT molecular complexity index is 574. The van der Waals surface area contributed by atoms with Crippen molar-refractivity contribution in [1.29, 1.82) is 0 Å². The highest BCUT2D eigenvalue weighted by Crippen LogP contribution is 2.10. The zero-order valence-electron chi connectivity index (χ0n) is 9.99. The molecule has 0 atom stereocenters. The van der Waals surface area contributed by atoms with Gasteiger partial charge in [0.05, 0.1) is 0 Å². The molecule has 0 aliphatic rings. The van der Waals surface area contributed by atoms with Crippen molar-refractivity contribution in [2.24, 2.45) is 0 Å². The van der Waals surface area contributed by atoms with Crippen LogP contribution in [0.5, 0.6) is 0 Å². The summed E-state index contributed by atoms with van der Waals surface area (Å²) in [5.41, 5.74) is 0.544. The summed E-state index contributed by atoms with van der Waals surface area (Å²) in [6.07, 6.45) is 0. The van der Waals surface area contributed by atoms with Gasteiger partial charge in [-0.3, -0.25) is 4.79 Å². The first kappa shape index (κ1) is 16.5. The van der Waals surface area contributed by atoms with Crippen LogP contribution in [0, 0.1) is 17.5 Å². The Balaban J connectivity index is 0.000000204. The number of carbonyl (C=O) groups excluding carboxylic acids is 1. The molecular formula is C14H9Cl2F3O. The maximum absolute atomic E-state index is 12.0. The third-order valence-electron chi connectivity index (χ3n) is 2.14. The number of alkyl halides is 2. The molecule has 0 aromatic heterocycles. The summed E-state index contributed by atoms with van der Waals surface area (Å²) >= 11 is 10.8. The normalized spacial score (nSPS) is 9.90. The van der Waals surface area contributed by atoms with Gasteiger partial charge in [0.15, 0.2) is 22.3 Å². The lowest BCUT2D eigenvalue weighted by atomic mass is 10.1. The minimum absolute atomic E-state index is 0.256. The maximum atomic E-state index is 12.0. The molecule has 1 nitrogen and oxygen atoms in total. The largest absolute Gasteiger partial charge is 0.291 e. The predicted octanol–water partition coefficient (Wildman–Crippen LogP) is 4.78. The Morgan fingerprint density at radius 3 is 1.95 bits per heavy atom. The minimum atomic E-state index is -1.16. The Labute approximate surface area is 123 Å². The average molecular weight is 321 g/mol. The number of ketones is 1. The molecule has 0 amide bonds. The van der Waals surface area contributed by atoms with Crippen molar-refractivity contribution < 1.29 is 18.0 Å². The summed E-state index contributed by atoms with van der Waals surface area (Å²) in [4.78, 5) is 10.1. The van der Waals surface area contributed by atoms with E-state index in [1.165, 1.54) is 0 Å². The fraction of sp³-hybridized carbons (Fsp3) is 0.0714. The van der Waals surface area contributed by atoms with Crippen molar-refractivity contribution in [3.8, 4) is 0 Å². The molecule has 2 rings (SSSR count). The van der Waals surface area contributed by atoms with Crippen LogP contribution in [-0.4, -0.2) is 10.6 Å². The third kappa shape index (κ3) is 5.23. The zero-order valence-corrected chi connectivity index (χ0v) is 11.5. The molecule has 106 valence electrons. The first-order chi connectivity index (χ1) is 9.41. The number of hydrogen-bond donors (Lipinski definition) is 0. The van der Waals surface area contributed by atoms with Gasteiger partial charge in [0, 0.05) is 11.6 Å². The molecule has 0 unspecified atom stereocenters. The highest BCUT2D eigenvalue weighted by atomic mass is 35.5. The second-order valence-electron chi connectivity index (χ2n) is 3.59. The lowest BCUT2D eigenvalue weighted by molar-refractivity contribution is 0.101. The number of hydrogen-bond acceptors (Lipinski definition) is 1. The van der Waals surface area contributed by atoms with Gasteiger partial charge >= 0.3 is 0 Å². The van der Waals surface area contributed by atoms with Crippen LogP contribution in [-0.2, 0) is 0 Å². The van der Waals surface area contributed by atoms with Gasteiger partial charge in [0.1, 0.15) is 5.82 Å². The topological polar surface area (TPSA) is 17.1 Å². The molecule has 0 aliphatic carbocycles. The summed E-state index contributed by atoms with van der Waals surface area (Å²) in [5.74, 6) is -3.21. The SMILES string of the molecule is Fc1ccc(F)c(F)c1.O=C(c1ccccc1)C(Cl)Cl. The summed E-state index contributed by atoms with van der Waals surface area (Å²) in [7, 11) is 0. The Hall–Kier alpha value is -1.52. The molecule has 2 aromatic rings. The average Bonchev–Trinajstić information content (AvgIpc) is 2.44. The Kier molecular flexibility index (Phi) is 6.55. The van der Waals surface area contributed by atoms with Gasteiger partial charge in [-0.25, -0.2) is 13.2 Å². The molecule has 0 radical (unpaired) electrons. The lowest BCUT2D eigenvalue weighted by Gasteiger charge is -1.98. The fourth-order valence-electron chi connectivity index (χ4n) is 1.20. The van der Waals surface area contributed by atoms with E-state index in [4.69, 9.17) is 23.2 Å². The van der Waals surface area contributed by atoms with Crippen molar-refractivity contribution in [1.82, 2.24) is 0 Å². The predicted molar refractivity (Wildman–Crippen MR) is 72.6 cm³/mol. The molecule has 0 fully saturated rings. The lowest BCUT2D eigenvalue weighted by Crippen LogP contribution is -2.07. The van der Waals surface area contributed by atoms with E-state index in [0.29, 0.717) is 11.6 Å². The fourth-order valence-corrected chi connectivity index (χ4v) is 1.45.